The number of carbonyl (C=O) groups excluding carboxylic acids is 1. The van der Waals surface area contributed by atoms with E-state index < -0.39 is 29.8 Å². The average molecular weight is 226 g/mol. The zero-order valence-corrected chi connectivity index (χ0v) is 8.75. The minimum atomic E-state index is -1.33. The average Bonchev–Trinajstić information content (AvgIpc) is 2.70. The van der Waals surface area contributed by atoms with E-state index in [0.29, 0.717) is 5.69 Å². The van der Waals surface area contributed by atoms with Crippen molar-refractivity contribution in [3.8, 4) is 0 Å². The Balaban J connectivity index is 3.04. The summed E-state index contributed by atoms with van der Waals surface area (Å²) in [6, 6.07) is -2.11. The van der Waals surface area contributed by atoms with Gasteiger partial charge in [-0.25, -0.2) is 4.98 Å². The number of aromatic amines is 1. The highest BCUT2D eigenvalue weighted by Crippen LogP contribution is 2.18. The number of rotatable bonds is 5. The summed E-state index contributed by atoms with van der Waals surface area (Å²) < 4.78 is 0. The van der Waals surface area contributed by atoms with E-state index in [0.717, 1.165) is 0 Å². The van der Waals surface area contributed by atoms with Gasteiger partial charge in [0.15, 0.2) is 5.78 Å². The molecule has 6 N–H and O–H groups in total. The van der Waals surface area contributed by atoms with Crippen molar-refractivity contribution in [3.05, 3.63) is 18.2 Å². The van der Waals surface area contributed by atoms with Crippen molar-refractivity contribution in [1.82, 2.24) is 9.97 Å². The Kier molecular flexibility index (Phi) is 3.75. The quantitative estimate of drug-likeness (QED) is 0.499. The number of H-pyrrole nitrogens is 1. The van der Waals surface area contributed by atoms with Crippen LogP contribution in [-0.4, -0.2) is 38.9 Å². The van der Waals surface area contributed by atoms with Crippen LogP contribution < -0.4 is 11.5 Å². The van der Waals surface area contributed by atoms with E-state index in [9.17, 15) is 9.59 Å². The van der Waals surface area contributed by atoms with Gasteiger partial charge >= 0.3 is 5.97 Å². The van der Waals surface area contributed by atoms with Gasteiger partial charge in [0.05, 0.1) is 18.3 Å². The summed E-state index contributed by atoms with van der Waals surface area (Å²) in [5.74, 6) is -2.69. The van der Waals surface area contributed by atoms with Crippen molar-refractivity contribution >= 4 is 11.8 Å². The molecule has 0 spiro atoms. The van der Waals surface area contributed by atoms with Gasteiger partial charge in [0.1, 0.15) is 6.04 Å². The third-order valence-corrected chi connectivity index (χ3v) is 2.25. The molecular formula is C9H14N4O3. The Morgan fingerprint density at radius 1 is 1.50 bits per heavy atom. The van der Waals surface area contributed by atoms with E-state index in [1.807, 2.05) is 0 Å². The third-order valence-electron chi connectivity index (χ3n) is 2.25. The molecule has 0 unspecified atom stereocenters. The van der Waals surface area contributed by atoms with Crippen LogP contribution in [0.15, 0.2) is 12.5 Å². The highest BCUT2D eigenvalue weighted by molar-refractivity contribution is 5.94. The predicted octanol–water partition coefficient (Wildman–Crippen LogP) is -1.18. The molecule has 7 nitrogen and oxygen atoms in total. The van der Waals surface area contributed by atoms with Crippen LogP contribution in [0.2, 0.25) is 0 Å². The zero-order chi connectivity index (χ0) is 12.3. The molecule has 7 heteroatoms. The molecule has 0 saturated carbocycles. The summed E-state index contributed by atoms with van der Waals surface area (Å²) >= 11 is 0. The summed E-state index contributed by atoms with van der Waals surface area (Å²) in [4.78, 5) is 29.0. The van der Waals surface area contributed by atoms with Crippen LogP contribution in [0.3, 0.4) is 0 Å². The first kappa shape index (κ1) is 12.3. The van der Waals surface area contributed by atoms with E-state index in [4.69, 9.17) is 16.6 Å². The van der Waals surface area contributed by atoms with Crippen LogP contribution in [-0.2, 0) is 9.59 Å². The number of carboxylic acid groups (broad SMARTS) is 1. The molecule has 0 aliphatic carbocycles. The largest absolute Gasteiger partial charge is 0.480 e. The normalized spacial score (nSPS) is 16.4. The van der Waals surface area contributed by atoms with E-state index in [2.05, 4.69) is 9.97 Å². The van der Waals surface area contributed by atoms with Crippen LogP contribution in [0, 0.1) is 0 Å². The zero-order valence-electron chi connectivity index (χ0n) is 8.75. The first-order valence-corrected chi connectivity index (χ1v) is 4.71. The van der Waals surface area contributed by atoms with Gasteiger partial charge in [0.2, 0.25) is 0 Å². The van der Waals surface area contributed by atoms with Crippen LogP contribution >= 0.6 is 0 Å². The van der Waals surface area contributed by atoms with Gasteiger partial charge in [0, 0.05) is 11.9 Å². The minimum Gasteiger partial charge on any atom is -0.480 e. The summed E-state index contributed by atoms with van der Waals surface area (Å²) in [7, 11) is 0. The maximum absolute atomic E-state index is 11.8. The Bertz CT molecular complexity index is 374. The molecule has 1 aromatic heterocycles. The molecule has 1 rings (SSSR count). The fourth-order valence-electron chi connectivity index (χ4n) is 1.39. The van der Waals surface area contributed by atoms with Crippen molar-refractivity contribution < 1.29 is 14.7 Å². The standard InChI is InChI=1S/C9H14N4O3/c1-4(10)8(14)6(7(11)9(15)16)5-2-12-3-13-5/h2-4,6-7H,10-11H2,1H3,(H,12,13)(H,15,16)/t4-,6+,7-/m0/s1. The second-order valence-electron chi connectivity index (χ2n) is 3.54. The van der Waals surface area contributed by atoms with Gasteiger partial charge in [-0.15, -0.1) is 0 Å². The number of nitrogens with zero attached hydrogens (tertiary/aromatic N) is 1. The Labute approximate surface area is 91.8 Å². The van der Waals surface area contributed by atoms with Crippen molar-refractivity contribution in [3.63, 3.8) is 0 Å². The smallest absolute Gasteiger partial charge is 0.321 e. The van der Waals surface area contributed by atoms with Crippen molar-refractivity contribution in [2.24, 2.45) is 11.5 Å². The Hall–Kier alpha value is -1.73. The number of aromatic nitrogens is 2. The molecule has 1 heterocycles. The van der Waals surface area contributed by atoms with E-state index >= 15 is 0 Å². The van der Waals surface area contributed by atoms with Crippen molar-refractivity contribution in [2.45, 2.75) is 24.9 Å². The summed E-state index contributed by atoms with van der Waals surface area (Å²) in [5.41, 5.74) is 11.3. The van der Waals surface area contributed by atoms with Gasteiger partial charge in [-0.2, -0.15) is 0 Å². The molecule has 16 heavy (non-hydrogen) atoms. The molecule has 3 atom stereocenters. The highest BCUT2D eigenvalue weighted by Gasteiger charge is 2.34. The first-order chi connectivity index (χ1) is 7.45. The monoisotopic (exact) mass is 226 g/mol. The van der Waals surface area contributed by atoms with Gasteiger partial charge in [0.25, 0.3) is 0 Å². The third kappa shape index (κ3) is 2.44. The van der Waals surface area contributed by atoms with Crippen molar-refractivity contribution in [2.75, 3.05) is 0 Å². The van der Waals surface area contributed by atoms with Crippen molar-refractivity contribution in [1.29, 1.82) is 0 Å². The molecule has 0 aliphatic heterocycles. The number of aliphatic carboxylic acids is 1. The van der Waals surface area contributed by atoms with Gasteiger partial charge in [-0.3, -0.25) is 9.59 Å². The predicted molar refractivity (Wildman–Crippen MR) is 55.6 cm³/mol. The molecule has 88 valence electrons. The fourth-order valence-corrected chi connectivity index (χ4v) is 1.39. The molecular weight excluding hydrogens is 212 g/mol. The molecule has 0 aliphatic rings. The van der Waals surface area contributed by atoms with Crippen LogP contribution in [0.1, 0.15) is 18.5 Å². The molecule has 0 saturated heterocycles. The lowest BCUT2D eigenvalue weighted by Crippen LogP contribution is -2.45. The lowest BCUT2D eigenvalue weighted by molar-refractivity contribution is -0.141. The Morgan fingerprint density at radius 3 is 2.50 bits per heavy atom. The van der Waals surface area contributed by atoms with Crippen LogP contribution in [0.25, 0.3) is 0 Å². The molecule has 0 aromatic carbocycles. The molecule has 0 amide bonds. The Morgan fingerprint density at radius 2 is 2.12 bits per heavy atom. The fraction of sp³-hybridized carbons (Fsp3) is 0.444. The van der Waals surface area contributed by atoms with Crippen LogP contribution in [0.4, 0.5) is 0 Å². The molecule has 0 fully saturated rings. The number of hydrogen-bond acceptors (Lipinski definition) is 5. The van der Waals surface area contributed by atoms with Gasteiger partial charge in [-0.1, -0.05) is 0 Å². The second-order valence-corrected chi connectivity index (χ2v) is 3.54. The minimum absolute atomic E-state index is 0.359. The number of nitrogens with one attached hydrogen (secondary N) is 1. The lowest BCUT2D eigenvalue weighted by atomic mass is 9.89. The number of Topliss-reactive ketones (excluding diaryl/α,β-unsaturated/α-hetero) is 1. The molecule has 1 aromatic rings. The number of imidazole rings is 1. The van der Waals surface area contributed by atoms with Crippen LogP contribution in [0.5, 0.6) is 0 Å². The highest BCUT2D eigenvalue weighted by atomic mass is 16.4. The maximum Gasteiger partial charge on any atom is 0.321 e. The SMILES string of the molecule is C[C@H](N)C(=O)[C@H](c1cnc[nH]1)[C@H](N)C(=O)O. The maximum atomic E-state index is 11.8. The van der Waals surface area contributed by atoms with E-state index in [1.54, 1.807) is 0 Å². The second kappa shape index (κ2) is 4.86. The van der Waals surface area contributed by atoms with E-state index in [-0.39, 0.29) is 0 Å². The summed E-state index contributed by atoms with van der Waals surface area (Å²) in [6.07, 6.45) is 2.72. The number of carbonyl (C=O) groups is 2. The molecule has 0 bridgehead atoms. The van der Waals surface area contributed by atoms with E-state index in [1.165, 1.54) is 19.4 Å². The van der Waals surface area contributed by atoms with Gasteiger partial charge < -0.3 is 21.6 Å². The number of carboxylic acids is 1. The summed E-state index contributed by atoms with van der Waals surface area (Å²) in [6.45, 7) is 1.49. The number of ketones is 1. The summed E-state index contributed by atoms with van der Waals surface area (Å²) in [5, 5.41) is 8.83. The first-order valence-electron chi connectivity index (χ1n) is 4.71. The number of hydrogen-bond donors (Lipinski definition) is 4. The molecule has 0 radical (unpaired) electrons. The number of nitrogens with two attached hydrogens (primary N) is 2. The lowest BCUT2D eigenvalue weighted by Gasteiger charge is -2.19. The topological polar surface area (TPSA) is 135 Å². The van der Waals surface area contributed by atoms with Gasteiger partial charge in [-0.05, 0) is 6.92 Å².